The molecule has 0 radical (unpaired) electrons. The Morgan fingerprint density at radius 3 is 2.00 bits per heavy atom. The second-order valence-corrected chi connectivity index (χ2v) is 5.73. The predicted molar refractivity (Wildman–Crippen MR) is 98.5 cm³/mol. The van der Waals surface area contributed by atoms with Crippen LogP contribution in [0, 0.1) is 10.1 Å². The topological polar surface area (TPSA) is 86.5 Å². The lowest BCUT2D eigenvalue weighted by molar-refractivity contribution is -0.385. The van der Waals surface area contributed by atoms with Crippen LogP contribution in [-0.4, -0.2) is 16.7 Å². The molecule has 0 aliphatic rings. The summed E-state index contributed by atoms with van der Waals surface area (Å²) in [6.45, 7) is -0.208. The maximum Gasteiger partial charge on any atom is 0.338 e. The summed E-state index contributed by atoms with van der Waals surface area (Å²) in [6, 6.07) is 21.0. The van der Waals surface area contributed by atoms with Crippen LogP contribution in [0.3, 0.4) is 0 Å². The molecule has 0 aromatic heterocycles. The van der Waals surface area contributed by atoms with Crippen LogP contribution >= 0.6 is 0 Å². The molecule has 0 atom stereocenters. The summed E-state index contributed by atoms with van der Waals surface area (Å²) < 4.78 is 5.16. The standard InChI is InChI=1S/C21H15NO5/c23-20(15-6-2-1-3-7-15)16-10-12-17(13-11-16)21(24)27-14-18-8-4-5-9-19(18)22(25)26/h1-13H,14H2. The van der Waals surface area contributed by atoms with E-state index in [1.165, 1.54) is 24.3 Å². The van der Waals surface area contributed by atoms with Gasteiger partial charge in [-0.2, -0.15) is 0 Å². The maximum atomic E-state index is 12.4. The molecule has 0 saturated carbocycles. The summed E-state index contributed by atoms with van der Waals surface area (Å²) in [5.74, 6) is -0.762. The highest BCUT2D eigenvalue weighted by Crippen LogP contribution is 2.19. The third-order valence-corrected chi connectivity index (χ3v) is 3.97. The van der Waals surface area contributed by atoms with Crippen molar-refractivity contribution in [1.29, 1.82) is 0 Å². The third kappa shape index (κ3) is 4.24. The summed E-state index contributed by atoms with van der Waals surface area (Å²) in [5, 5.41) is 11.0. The molecule has 3 rings (SSSR count). The van der Waals surface area contributed by atoms with Gasteiger partial charge in [-0.3, -0.25) is 14.9 Å². The molecule has 0 amide bonds. The Kier molecular flexibility index (Phi) is 5.37. The van der Waals surface area contributed by atoms with Gasteiger partial charge in [0.25, 0.3) is 5.69 Å². The Morgan fingerprint density at radius 2 is 1.33 bits per heavy atom. The molecule has 0 heterocycles. The highest BCUT2D eigenvalue weighted by atomic mass is 16.6. The molecule has 0 saturated heterocycles. The molecule has 27 heavy (non-hydrogen) atoms. The van der Waals surface area contributed by atoms with Crippen molar-refractivity contribution in [3.05, 3.63) is 111 Å². The molecule has 0 spiro atoms. The quantitative estimate of drug-likeness (QED) is 0.284. The van der Waals surface area contributed by atoms with Crippen molar-refractivity contribution in [3.8, 4) is 0 Å². The van der Waals surface area contributed by atoms with Crippen LogP contribution in [0.1, 0.15) is 31.8 Å². The van der Waals surface area contributed by atoms with Crippen molar-refractivity contribution in [2.45, 2.75) is 6.61 Å². The van der Waals surface area contributed by atoms with E-state index in [9.17, 15) is 19.7 Å². The Labute approximate surface area is 155 Å². The molecule has 6 heteroatoms. The van der Waals surface area contributed by atoms with E-state index in [0.717, 1.165) is 0 Å². The molecule has 0 unspecified atom stereocenters. The van der Waals surface area contributed by atoms with E-state index >= 15 is 0 Å². The molecule has 0 aliphatic heterocycles. The molecule has 0 N–H and O–H groups in total. The van der Waals surface area contributed by atoms with Gasteiger partial charge in [-0.25, -0.2) is 4.79 Å². The minimum absolute atomic E-state index is 0.103. The number of carbonyl (C=O) groups excluding carboxylic acids is 2. The van der Waals surface area contributed by atoms with E-state index in [4.69, 9.17) is 4.74 Å². The van der Waals surface area contributed by atoms with Gasteiger partial charge in [0, 0.05) is 17.2 Å². The molecule has 3 aromatic carbocycles. The number of esters is 1. The summed E-state index contributed by atoms with van der Waals surface area (Å²) in [5.41, 5.74) is 1.49. The van der Waals surface area contributed by atoms with E-state index in [2.05, 4.69) is 0 Å². The monoisotopic (exact) mass is 361 g/mol. The van der Waals surface area contributed by atoms with Crippen LogP contribution in [0.15, 0.2) is 78.9 Å². The highest BCUT2D eigenvalue weighted by molar-refractivity contribution is 6.09. The van der Waals surface area contributed by atoms with Crippen LogP contribution in [0.25, 0.3) is 0 Å². The fourth-order valence-electron chi connectivity index (χ4n) is 2.55. The first-order chi connectivity index (χ1) is 13.1. The second-order valence-electron chi connectivity index (χ2n) is 5.73. The summed E-state index contributed by atoms with van der Waals surface area (Å²) in [4.78, 5) is 35.0. The zero-order valence-electron chi connectivity index (χ0n) is 14.2. The van der Waals surface area contributed by atoms with Crippen LogP contribution in [-0.2, 0) is 11.3 Å². The molecule has 6 nitrogen and oxygen atoms in total. The lowest BCUT2D eigenvalue weighted by Crippen LogP contribution is -2.07. The highest BCUT2D eigenvalue weighted by Gasteiger charge is 2.15. The van der Waals surface area contributed by atoms with E-state index in [1.54, 1.807) is 48.5 Å². The Morgan fingerprint density at radius 1 is 0.778 bits per heavy atom. The number of ketones is 1. The number of hydrogen-bond acceptors (Lipinski definition) is 5. The first-order valence-electron chi connectivity index (χ1n) is 8.15. The first kappa shape index (κ1) is 18.0. The zero-order valence-corrected chi connectivity index (χ0v) is 14.2. The van der Waals surface area contributed by atoms with Crippen molar-refractivity contribution in [2.75, 3.05) is 0 Å². The number of ether oxygens (including phenoxy) is 1. The number of benzene rings is 3. The average molecular weight is 361 g/mol. The van der Waals surface area contributed by atoms with Crippen LogP contribution in [0.5, 0.6) is 0 Å². The van der Waals surface area contributed by atoms with E-state index in [-0.39, 0.29) is 23.6 Å². The summed E-state index contributed by atoms with van der Waals surface area (Å²) >= 11 is 0. The Bertz CT molecular complexity index is 981. The molecular weight excluding hydrogens is 346 g/mol. The number of nitro benzene ring substituents is 1. The van der Waals surface area contributed by atoms with Gasteiger partial charge in [0.2, 0.25) is 0 Å². The van der Waals surface area contributed by atoms with Gasteiger partial charge < -0.3 is 4.74 Å². The predicted octanol–water partition coefficient (Wildman–Crippen LogP) is 4.18. The van der Waals surface area contributed by atoms with Gasteiger partial charge in [0.05, 0.1) is 16.1 Å². The minimum Gasteiger partial charge on any atom is -0.457 e. The number of para-hydroxylation sites is 1. The smallest absolute Gasteiger partial charge is 0.338 e. The number of hydrogen-bond donors (Lipinski definition) is 0. The van der Waals surface area contributed by atoms with Crippen molar-refractivity contribution >= 4 is 17.4 Å². The van der Waals surface area contributed by atoms with Gasteiger partial charge in [0.15, 0.2) is 5.78 Å². The molecule has 0 aliphatic carbocycles. The minimum atomic E-state index is -0.619. The largest absolute Gasteiger partial charge is 0.457 e. The van der Waals surface area contributed by atoms with E-state index in [1.807, 2.05) is 6.07 Å². The maximum absolute atomic E-state index is 12.4. The lowest BCUT2D eigenvalue weighted by Gasteiger charge is -2.06. The average Bonchev–Trinajstić information content (AvgIpc) is 2.72. The lowest BCUT2D eigenvalue weighted by atomic mass is 10.0. The van der Waals surface area contributed by atoms with Gasteiger partial charge in [-0.1, -0.05) is 54.6 Å². The van der Waals surface area contributed by atoms with Gasteiger partial charge in [0.1, 0.15) is 6.61 Å². The number of rotatable bonds is 6. The normalized spacial score (nSPS) is 10.2. The van der Waals surface area contributed by atoms with Gasteiger partial charge in [-0.05, 0) is 18.2 Å². The zero-order chi connectivity index (χ0) is 19.2. The molecular formula is C21H15NO5. The van der Waals surface area contributed by atoms with Crippen molar-refractivity contribution in [2.24, 2.45) is 0 Å². The first-order valence-corrected chi connectivity index (χ1v) is 8.15. The summed E-state index contributed by atoms with van der Waals surface area (Å²) in [6.07, 6.45) is 0. The van der Waals surface area contributed by atoms with Gasteiger partial charge >= 0.3 is 5.97 Å². The molecule has 0 fully saturated rings. The van der Waals surface area contributed by atoms with Crippen molar-refractivity contribution < 1.29 is 19.2 Å². The summed E-state index contributed by atoms with van der Waals surface area (Å²) in [7, 11) is 0. The van der Waals surface area contributed by atoms with E-state index < -0.39 is 10.9 Å². The number of nitrogens with zero attached hydrogens (tertiary/aromatic N) is 1. The second kappa shape index (κ2) is 8.05. The Hall–Kier alpha value is -3.80. The van der Waals surface area contributed by atoms with Crippen LogP contribution in [0.4, 0.5) is 5.69 Å². The number of nitro groups is 1. The molecule has 0 bridgehead atoms. The fraction of sp³-hybridized carbons (Fsp3) is 0.0476. The Balaban J connectivity index is 1.68. The van der Waals surface area contributed by atoms with E-state index in [0.29, 0.717) is 16.7 Å². The van der Waals surface area contributed by atoms with Crippen LogP contribution in [0.2, 0.25) is 0 Å². The third-order valence-electron chi connectivity index (χ3n) is 3.97. The van der Waals surface area contributed by atoms with Crippen molar-refractivity contribution in [3.63, 3.8) is 0 Å². The molecule has 134 valence electrons. The SMILES string of the molecule is O=C(OCc1ccccc1[N+](=O)[O-])c1ccc(C(=O)c2ccccc2)cc1. The molecule has 3 aromatic rings. The van der Waals surface area contributed by atoms with Gasteiger partial charge in [-0.15, -0.1) is 0 Å². The number of carbonyl (C=O) groups is 2. The fourth-order valence-corrected chi connectivity index (χ4v) is 2.55. The van der Waals surface area contributed by atoms with Crippen LogP contribution < -0.4 is 0 Å². The van der Waals surface area contributed by atoms with Crippen molar-refractivity contribution in [1.82, 2.24) is 0 Å².